The molecule has 1 aliphatic heterocycles. The summed E-state index contributed by atoms with van der Waals surface area (Å²) in [7, 11) is 1.53. The number of nitrogens with zero attached hydrogens (tertiary/aromatic N) is 1. The van der Waals surface area contributed by atoms with Crippen LogP contribution in [-0.4, -0.2) is 60.1 Å². The lowest BCUT2D eigenvalue weighted by Gasteiger charge is -2.21. The number of hydrogen-bond acceptors (Lipinski definition) is 4. The highest BCUT2D eigenvalue weighted by atomic mass is 16.5. The fourth-order valence-electron chi connectivity index (χ4n) is 2.46. The number of hydrogen-bond donors (Lipinski definition) is 2. The van der Waals surface area contributed by atoms with Crippen LogP contribution in [-0.2, 0) is 19.1 Å². The molecule has 0 aliphatic carbocycles. The maximum atomic E-state index is 12.1. The first kappa shape index (κ1) is 17.4. The number of carboxylic acid groups (broad SMARTS) is 1. The summed E-state index contributed by atoms with van der Waals surface area (Å²) in [6.07, 6.45) is 2.82. The summed E-state index contributed by atoms with van der Waals surface area (Å²) in [4.78, 5) is 35.4. The van der Waals surface area contributed by atoms with Crippen LogP contribution in [0.1, 0.15) is 39.0 Å². The molecule has 120 valence electrons. The van der Waals surface area contributed by atoms with Crippen molar-refractivity contribution in [3.05, 3.63) is 0 Å². The van der Waals surface area contributed by atoms with Crippen molar-refractivity contribution in [2.45, 2.75) is 51.2 Å². The fraction of sp³-hybridized carbons (Fsp3) is 0.786. The second kappa shape index (κ2) is 8.61. The van der Waals surface area contributed by atoms with Crippen molar-refractivity contribution in [2.75, 3.05) is 20.2 Å². The van der Waals surface area contributed by atoms with Gasteiger partial charge in [0, 0.05) is 40.0 Å². The molecule has 21 heavy (non-hydrogen) atoms. The molecular formula is C14H24N2O5. The molecule has 0 aromatic carbocycles. The van der Waals surface area contributed by atoms with Crippen LogP contribution in [0.5, 0.6) is 0 Å². The average Bonchev–Trinajstić information content (AvgIpc) is 2.86. The highest BCUT2D eigenvalue weighted by Gasteiger charge is 2.39. The van der Waals surface area contributed by atoms with Gasteiger partial charge in [-0.3, -0.25) is 9.59 Å². The Morgan fingerprint density at radius 2 is 2.00 bits per heavy atom. The molecular weight excluding hydrogens is 276 g/mol. The SMILES string of the molecule is COC1CC(C(=O)O)N(C(=O)CCCCCNC(C)=O)C1. The molecule has 1 saturated heterocycles. The van der Waals surface area contributed by atoms with Crippen LogP contribution < -0.4 is 5.32 Å². The van der Waals surface area contributed by atoms with E-state index in [2.05, 4.69) is 5.32 Å². The predicted octanol–water partition coefficient (Wildman–Crippen LogP) is 0.383. The van der Waals surface area contributed by atoms with E-state index in [0.29, 0.717) is 32.4 Å². The quantitative estimate of drug-likeness (QED) is 0.632. The van der Waals surface area contributed by atoms with Crippen molar-refractivity contribution in [1.29, 1.82) is 0 Å². The molecule has 0 spiro atoms. The van der Waals surface area contributed by atoms with Crippen molar-refractivity contribution in [1.82, 2.24) is 10.2 Å². The first-order chi connectivity index (χ1) is 9.95. The third-order valence-electron chi connectivity index (χ3n) is 3.64. The zero-order valence-electron chi connectivity index (χ0n) is 12.6. The zero-order chi connectivity index (χ0) is 15.8. The maximum absolute atomic E-state index is 12.1. The molecule has 1 rings (SSSR count). The lowest BCUT2D eigenvalue weighted by molar-refractivity contribution is -0.148. The van der Waals surface area contributed by atoms with E-state index in [1.54, 1.807) is 0 Å². The second-order valence-electron chi connectivity index (χ2n) is 5.29. The molecule has 0 radical (unpaired) electrons. The lowest BCUT2D eigenvalue weighted by Crippen LogP contribution is -2.40. The van der Waals surface area contributed by atoms with E-state index in [-0.39, 0.29) is 17.9 Å². The number of ether oxygens (including phenoxy) is 1. The van der Waals surface area contributed by atoms with Gasteiger partial charge in [-0.2, -0.15) is 0 Å². The number of rotatable bonds is 8. The summed E-state index contributed by atoms with van der Waals surface area (Å²) in [6, 6.07) is -0.776. The van der Waals surface area contributed by atoms with Crippen molar-refractivity contribution in [3.8, 4) is 0 Å². The molecule has 7 nitrogen and oxygen atoms in total. The molecule has 0 aromatic rings. The molecule has 0 saturated carbocycles. The van der Waals surface area contributed by atoms with Gasteiger partial charge in [0.2, 0.25) is 11.8 Å². The number of aliphatic carboxylic acids is 1. The van der Waals surface area contributed by atoms with E-state index in [9.17, 15) is 14.4 Å². The minimum absolute atomic E-state index is 0.0574. The minimum atomic E-state index is -0.978. The summed E-state index contributed by atoms with van der Waals surface area (Å²) in [5.74, 6) is -1.17. The smallest absolute Gasteiger partial charge is 0.326 e. The molecule has 2 N–H and O–H groups in total. The average molecular weight is 300 g/mol. The van der Waals surface area contributed by atoms with E-state index in [4.69, 9.17) is 9.84 Å². The molecule has 7 heteroatoms. The van der Waals surface area contributed by atoms with Gasteiger partial charge in [0.15, 0.2) is 0 Å². The number of carbonyl (C=O) groups is 3. The number of likely N-dealkylation sites (tertiary alicyclic amines) is 1. The Morgan fingerprint density at radius 3 is 2.57 bits per heavy atom. The van der Waals surface area contributed by atoms with Gasteiger partial charge in [-0.1, -0.05) is 6.42 Å². The summed E-state index contributed by atoms with van der Waals surface area (Å²) in [6.45, 7) is 2.42. The fourth-order valence-corrected chi connectivity index (χ4v) is 2.46. The number of nitrogens with one attached hydrogen (secondary N) is 1. The third kappa shape index (κ3) is 5.71. The van der Waals surface area contributed by atoms with E-state index in [1.165, 1.54) is 18.9 Å². The Labute approximate surface area is 124 Å². The number of carboxylic acids is 1. The molecule has 2 atom stereocenters. The van der Waals surface area contributed by atoms with Gasteiger partial charge < -0.3 is 20.1 Å². The van der Waals surface area contributed by atoms with Crippen LogP contribution in [0.4, 0.5) is 0 Å². The molecule has 1 aliphatic rings. The normalized spacial score (nSPS) is 21.3. The van der Waals surface area contributed by atoms with E-state index < -0.39 is 12.0 Å². The summed E-state index contributed by atoms with van der Waals surface area (Å²) in [5.41, 5.74) is 0. The third-order valence-corrected chi connectivity index (χ3v) is 3.64. The molecule has 0 aromatic heterocycles. The van der Waals surface area contributed by atoms with Gasteiger partial charge in [0.1, 0.15) is 6.04 Å². The van der Waals surface area contributed by atoms with E-state index in [1.807, 2.05) is 0 Å². The Hall–Kier alpha value is -1.63. The number of methoxy groups -OCH3 is 1. The Balaban J connectivity index is 2.30. The Kier molecular flexibility index (Phi) is 7.14. The second-order valence-corrected chi connectivity index (χ2v) is 5.29. The molecule has 2 amide bonds. The predicted molar refractivity (Wildman–Crippen MR) is 75.7 cm³/mol. The Bertz CT molecular complexity index is 386. The highest BCUT2D eigenvalue weighted by molar-refractivity contribution is 5.84. The molecule has 1 heterocycles. The van der Waals surface area contributed by atoms with E-state index in [0.717, 1.165) is 12.8 Å². The topological polar surface area (TPSA) is 95.9 Å². The van der Waals surface area contributed by atoms with Crippen molar-refractivity contribution in [2.24, 2.45) is 0 Å². The Morgan fingerprint density at radius 1 is 1.29 bits per heavy atom. The highest BCUT2D eigenvalue weighted by Crippen LogP contribution is 2.21. The van der Waals surface area contributed by atoms with Crippen LogP contribution in [0.25, 0.3) is 0 Å². The van der Waals surface area contributed by atoms with Crippen molar-refractivity contribution in [3.63, 3.8) is 0 Å². The van der Waals surface area contributed by atoms with Gasteiger partial charge in [-0.05, 0) is 12.8 Å². The molecule has 1 fully saturated rings. The van der Waals surface area contributed by atoms with Crippen LogP contribution in [0.2, 0.25) is 0 Å². The first-order valence-corrected chi connectivity index (χ1v) is 7.25. The van der Waals surface area contributed by atoms with Crippen LogP contribution in [0.15, 0.2) is 0 Å². The van der Waals surface area contributed by atoms with Crippen molar-refractivity contribution >= 4 is 17.8 Å². The minimum Gasteiger partial charge on any atom is -0.480 e. The van der Waals surface area contributed by atoms with Crippen LogP contribution in [0, 0.1) is 0 Å². The first-order valence-electron chi connectivity index (χ1n) is 7.25. The van der Waals surface area contributed by atoms with Crippen molar-refractivity contribution < 1.29 is 24.2 Å². The van der Waals surface area contributed by atoms with Gasteiger partial charge in [0.05, 0.1) is 6.10 Å². The standard InChI is InChI=1S/C14H24N2O5/c1-10(17)15-7-5-3-4-6-13(18)16-9-11(21-2)8-12(16)14(19)20/h11-12H,3-9H2,1-2H3,(H,15,17)(H,19,20). The largest absolute Gasteiger partial charge is 0.480 e. The maximum Gasteiger partial charge on any atom is 0.326 e. The summed E-state index contributed by atoms with van der Waals surface area (Å²) >= 11 is 0. The summed E-state index contributed by atoms with van der Waals surface area (Å²) < 4.78 is 5.15. The van der Waals surface area contributed by atoms with Crippen LogP contribution >= 0.6 is 0 Å². The number of carbonyl (C=O) groups excluding carboxylic acids is 2. The summed E-state index contributed by atoms with van der Waals surface area (Å²) in [5, 5.41) is 11.8. The monoisotopic (exact) mass is 300 g/mol. The van der Waals surface area contributed by atoms with Gasteiger partial charge in [0.25, 0.3) is 0 Å². The zero-order valence-corrected chi connectivity index (χ0v) is 12.6. The van der Waals surface area contributed by atoms with Gasteiger partial charge in [-0.25, -0.2) is 4.79 Å². The van der Waals surface area contributed by atoms with Gasteiger partial charge in [-0.15, -0.1) is 0 Å². The molecule has 2 unspecified atom stereocenters. The lowest BCUT2D eigenvalue weighted by atomic mass is 10.1. The van der Waals surface area contributed by atoms with E-state index >= 15 is 0 Å². The number of unbranched alkanes of at least 4 members (excludes halogenated alkanes) is 2. The van der Waals surface area contributed by atoms with Crippen LogP contribution in [0.3, 0.4) is 0 Å². The number of amides is 2. The van der Waals surface area contributed by atoms with Gasteiger partial charge >= 0.3 is 5.97 Å². The molecule has 0 bridgehead atoms.